The van der Waals surface area contributed by atoms with Gasteiger partial charge >= 0.3 is 6.09 Å². The number of rotatable bonds is 11. The van der Waals surface area contributed by atoms with Crippen molar-refractivity contribution >= 4 is 11.8 Å². The van der Waals surface area contributed by atoms with Crippen molar-refractivity contribution in [2.75, 3.05) is 77.5 Å². The number of piperidine rings is 2. The van der Waals surface area contributed by atoms with Crippen molar-refractivity contribution in [3.8, 4) is 6.07 Å². The average Bonchev–Trinajstić information content (AvgIpc) is 3.57. The summed E-state index contributed by atoms with van der Waals surface area (Å²) in [5.74, 6) is 0.751. The minimum Gasteiger partial charge on any atom is -0.453 e. The number of hydrogen-bond donors (Lipinski definition) is 2. The molecule has 2 aromatic carbocycles. The molecule has 4 aliphatic heterocycles. The standard InChI is InChI=1S/C41H56F2N6O3/c1-40(51)13-17-47(18-14-40)28-41(33-5-3-6-34(42)20-33,37-7-4-8-38(37)45-39(50)52-2)32-11-15-46(16-12-32)22-29-23-49(24-29)36-10-9-30(21-44)31(19-36)25-48-26-35(43)27-48/h3,5-6,9-10,19-20,29,32,35,37-38,51H,4,7-8,11-18,22-28H2,1-2H3,(H,45,50)/t37-,38-,41-/m0/s1. The number of halogens is 2. The van der Waals surface area contributed by atoms with Gasteiger partial charge < -0.3 is 29.9 Å². The summed E-state index contributed by atoms with van der Waals surface area (Å²) >= 11 is 0. The number of alkyl carbamates (subject to hydrolysis) is 1. The molecule has 5 aliphatic rings. The molecule has 52 heavy (non-hydrogen) atoms. The number of aliphatic hydroxyl groups is 1. The Morgan fingerprint density at radius 2 is 1.77 bits per heavy atom. The zero-order valence-corrected chi connectivity index (χ0v) is 30.9. The lowest BCUT2D eigenvalue weighted by Crippen LogP contribution is -2.59. The summed E-state index contributed by atoms with van der Waals surface area (Å²) in [5, 5.41) is 23.6. The van der Waals surface area contributed by atoms with Crippen LogP contribution in [0.3, 0.4) is 0 Å². The zero-order valence-electron chi connectivity index (χ0n) is 30.9. The molecule has 0 unspecified atom stereocenters. The van der Waals surface area contributed by atoms with Crippen LogP contribution in [0.5, 0.6) is 0 Å². The molecule has 2 aromatic rings. The first-order valence-electron chi connectivity index (χ1n) is 19.5. The van der Waals surface area contributed by atoms with E-state index in [0.29, 0.717) is 49.9 Å². The van der Waals surface area contributed by atoms with Gasteiger partial charge in [0.1, 0.15) is 12.0 Å². The second-order valence-electron chi connectivity index (χ2n) is 16.7. The highest BCUT2D eigenvalue weighted by Crippen LogP contribution is 2.51. The Morgan fingerprint density at radius 1 is 1.02 bits per heavy atom. The molecule has 0 spiro atoms. The Labute approximate surface area is 307 Å². The first-order chi connectivity index (χ1) is 25.0. The van der Waals surface area contributed by atoms with Crippen molar-refractivity contribution in [3.63, 3.8) is 0 Å². The van der Waals surface area contributed by atoms with Gasteiger partial charge in [0, 0.05) is 82.0 Å². The summed E-state index contributed by atoms with van der Waals surface area (Å²) in [6.07, 6.45) is 5.07. The van der Waals surface area contributed by atoms with Gasteiger partial charge in [-0.2, -0.15) is 5.26 Å². The van der Waals surface area contributed by atoms with Crippen LogP contribution in [0.25, 0.3) is 0 Å². The maximum atomic E-state index is 15.2. The Bertz CT molecular complexity index is 1590. The molecule has 4 heterocycles. The lowest BCUT2D eigenvalue weighted by Gasteiger charge is -2.53. The van der Waals surface area contributed by atoms with Crippen molar-refractivity contribution in [2.24, 2.45) is 17.8 Å². The number of nitriles is 1. The monoisotopic (exact) mass is 718 g/mol. The van der Waals surface area contributed by atoms with Crippen molar-refractivity contribution in [3.05, 3.63) is 65.0 Å². The summed E-state index contributed by atoms with van der Waals surface area (Å²) in [6, 6.07) is 15.5. The third kappa shape index (κ3) is 7.96. The molecule has 2 N–H and O–H groups in total. The summed E-state index contributed by atoms with van der Waals surface area (Å²) < 4.78 is 33.7. The molecule has 0 radical (unpaired) electrons. The molecule has 11 heteroatoms. The second kappa shape index (κ2) is 15.6. The molecule has 5 fully saturated rings. The molecule has 1 amide bonds. The predicted octanol–water partition coefficient (Wildman–Crippen LogP) is 5.31. The van der Waals surface area contributed by atoms with Gasteiger partial charge in [0.25, 0.3) is 0 Å². The maximum absolute atomic E-state index is 15.2. The minimum absolute atomic E-state index is 0.0585. The third-order valence-electron chi connectivity index (χ3n) is 13.1. The first kappa shape index (κ1) is 37.0. The van der Waals surface area contributed by atoms with E-state index in [9.17, 15) is 19.6 Å². The molecule has 3 atom stereocenters. The number of alkyl halides is 1. The molecule has 0 bridgehead atoms. The number of ether oxygens (including phenoxy) is 1. The van der Waals surface area contributed by atoms with Crippen LogP contribution < -0.4 is 10.2 Å². The highest BCUT2D eigenvalue weighted by Gasteiger charge is 2.53. The van der Waals surface area contributed by atoms with Gasteiger partial charge in [0.15, 0.2) is 0 Å². The summed E-state index contributed by atoms with van der Waals surface area (Å²) in [6.45, 7) is 10.7. The Kier molecular flexibility index (Phi) is 11.1. The molecule has 1 saturated carbocycles. The van der Waals surface area contributed by atoms with Crippen LogP contribution in [-0.4, -0.2) is 116 Å². The number of nitrogens with zero attached hydrogens (tertiary/aromatic N) is 5. The van der Waals surface area contributed by atoms with Crippen LogP contribution >= 0.6 is 0 Å². The summed E-state index contributed by atoms with van der Waals surface area (Å²) in [7, 11) is 1.41. The van der Waals surface area contributed by atoms with Crippen LogP contribution in [0, 0.1) is 34.9 Å². The fourth-order valence-corrected chi connectivity index (χ4v) is 10.2. The molecule has 4 saturated heterocycles. The van der Waals surface area contributed by atoms with Crippen LogP contribution in [0.2, 0.25) is 0 Å². The van der Waals surface area contributed by atoms with E-state index < -0.39 is 17.9 Å². The maximum Gasteiger partial charge on any atom is 0.407 e. The number of benzene rings is 2. The molecule has 0 aromatic heterocycles. The second-order valence-corrected chi connectivity index (χ2v) is 16.7. The number of anilines is 1. The third-order valence-corrected chi connectivity index (χ3v) is 13.1. The topological polar surface area (TPSA) is 95.3 Å². The van der Waals surface area contributed by atoms with Gasteiger partial charge in [0.2, 0.25) is 0 Å². The van der Waals surface area contributed by atoms with Crippen LogP contribution in [0.15, 0.2) is 42.5 Å². The fourth-order valence-electron chi connectivity index (χ4n) is 10.2. The Balaban J connectivity index is 1.05. The number of methoxy groups -OCH3 is 1. The molecule has 1 aliphatic carbocycles. The predicted molar refractivity (Wildman–Crippen MR) is 197 cm³/mol. The van der Waals surface area contributed by atoms with Crippen molar-refractivity contribution < 1.29 is 23.4 Å². The van der Waals surface area contributed by atoms with Crippen molar-refractivity contribution in [1.82, 2.24) is 20.0 Å². The molecule has 282 valence electrons. The largest absolute Gasteiger partial charge is 0.453 e. The molecular formula is C41H56F2N6O3. The Hall–Kier alpha value is -3.30. The number of nitrogens with one attached hydrogen (secondary N) is 1. The number of carbonyl (C=O) groups is 1. The van der Waals surface area contributed by atoms with E-state index in [1.165, 1.54) is 13.2 Å². The van der Waals surface area contributed by atoms with Crippen LogP contribution in [0.1, 0.15) is 68.6 Å². The van der Waals surface area contributed by atoms with E-state index in [1.807, 2.05) is 25.1 Å². The number of hydrogen-bond acceptors (Lipinski definition) is 8. The van der Waals surface area contributed by atoms with E-state index in [-0.39, 0.29) is 23.2 Å². The average molecular weight is 719 g/mol. The molecule has 9 nitrogen and oxygen atoms in total. The highest BCUT2D eigenvalue weighted by atomic mass is 19.1. The van der Waals surface area contributed by atoms with Crippen LogP contribution in [0.4, 0.5) is 19.3 Å². The van der Waals surface area contributed by atoms with Crippen molar-refractivity contribution in [1.29, 1.82) is 5.26 Å². The Morgan fingerprint density at radius 3 is 2.44 bits per heavy atom. The van der Waals surface area contributed by atoms with Gasteiger partial charge in [-0.1, -0.05) is 18.6 Å². The quantitative estimate of drug-likeness (QED) is 0.323. The highest BCUT2D eigenvalue weighted by molar-refractivity contribution is 5.67. The van der Waals surface area contributed by atoms with Gasteiger partial charge in [-0.05, 0) is 112 Å². The lowest BCUT2D eigenvalue weighted by molar-refractivity contribution is -0.0259. The van der Waals surface area contributed by atoms with E-state index >= 15 is 4.39 Å². The van der Waals surface area contributed by atoms with E-state index in [4.69, 9.17) is 4.74 Å². The van der Waals surface area contributed by atoms with Gasteiger partial charge in [-0.15, -0.1) is 0 Å². The van der Waals surface area contributed by atoms with Gasteiger partial charge in [-0.3, -0.25) is 4.90 Å². The van der Waals surface area contributed by atoms with Gasteiger partial charge in [0.05, 0.1) is 24.3 Å². The van der Waals surface area contributed by atoms with E-state index in [0.717, 1.165) is 101 Å². The number of amides is 1. The summed E-state index contributed by atoms with van der Waals surface area (Å²) in [4.78, 5) is 22.1. The molecule has 7 rings (SSSR count). The van der Waals surface area contributed by atoms with E-state index in [2.05, 4.69) is 43.1 Å². The first-order valence-corrected chi connectivity index (χ1v) is 19.5. The lowest BCUT2D eigenvalue weighted by atomic mass is 9.58. The number of carbonyl (C=O) groups excluding carboxylic acids is 1. The normalized spacial score (nSPS) is 26.3. The minimum atomic E-state index is -0.760. The van der Waals surface area contributed by atoms with E-state index in [1.54, 1.807) is 6.07 Å². The zero-order chi connectivity index (χ0) is 36.5. The van der Waals surface area contributed by atoms with Gasteiger partial charge in [-0.25, -0.2) is 13.6 Å². The van der Waals surface area contributed by atoms with Crippen molar-refractivity contribution in [2.45, 2.75) is 81.6 Å². The number of likely N-dealkylation sites (tertiary alicyclic amines) is 3. The van der Waals surface area contributed by atoms with Crippen LogP contribution in [-0.2, 0) is 16.7 Å². The summed E-state index contributed by atoms with van der Waals surface area (Å²) in [5.41, 5.74) is 2.76. The molecular weight excluding hydrogens is 662 g/mol. The SMILES string of the molecule is COC(=O)N[C@H]1CCC[C@@H]1[C@](CN1CCC(C)(O)CC1)(c1cccc(F)c1)C1CCN(CC2CN(c3ccc(C#N)c(CN4CC(F)C4)c3)C2)CC1. The smallest absolute Gasteiger partial charge is 0.407 e. The fraction of sp³-hybridized carbons (Fsp3) is 0.659.